The van der Waals surface area contributed by atoms with Crippen LogP contribution < -0.4 is 15.4 Å². The molecule has 0 amide bonds. The molecule has 27 heavy (non-hydrogen) atoms. The third-order valence-electron chi connectivity index (χ3n) is 4.88. The third kappa shape index (κ3) is 8.64. The molecule has 0 aromatic carbocycles. The quantitative estimate of drug-likeness (QED) is 0.229. The van der Waals surface area contributed by atoms with Gasteiger partial charge in [0.15, 0.2) is 5.96 Å². The monoisotopic (exact) mass is 488 g/mol. The summed E-state index contributed by atoms with van der Waals surface area (Å²) < 4.78 is 11.6. The van der Waals surface area contributed by atoms with E-state index < -0.39 is 0 Å². The molecule has 2 N–H and O–H groups in total. The Morgan fingerprint density at radius 2 is 2.04 bits per heavy atom. The van der Waals surface area contributed by atoms with Gasteiger partial charge in [-0.05, 0) is 62.5 Å². The highest BCUT2D eigenvalue weighted by Crippen LogP contribution is 2.28. The smallest absolute Gasteiger partial charge is 0.213 e. The Labute approximate surface area is 179 Å². The third-order valence-corrected chi connectivity index (χ3v) is 4.88. The minimum absolute atomic E-state index is 0. The van der Waals surface area contributed by atoms with E-state index in [1.807, 2.05) is 18.3 Å². The van der Waals surface area contributed by atoms with Crippen LogP contribution in [0.25, 0.3) is 0 Å². The van der Waals surface area contributed by atoms with Gasteiger partial charge in [-0.1, -0.05) is 0 Å². The first-order valence-electron chi connectivity index (χ1n) is 9.97. The van der Waals surface area contributed by atoms with E-state index in [1.54, 1.807) is 7.05 Å². The van der Waals surface area contributed by atoms with Gasteiger partial charge in [0, 0.05) is 45.6 Å². The van der Waals surface area contributed by atoms with Gasteiger partial charge in [0.1, 0.15) is 6.10 Å². The van der Waals surface area contributed by atoms with Gasteiger partial charge in [-0.3, -0.25) is 4.99 Å². The van der Waals surface area contributed by atoms with Crippen molar-refractivity contribution in [3.63, 3.8) is 0 Å². The lowest BCUT2D eigenvalue weighted by Gasteiger charge is -2.14. The van der Waals surface area contributed by atoms with E-state index in [0.29, 0.717) is 12.6 Å². The van der Waals surface area contributed by atoms with Crippen LogP contribution in [0.15, 0.2) is 23.3 Å². The first-order chi connectivity index (χ1) is 12.8. The average molecular weight is 488 g/mol. The second-order valence-corrected chi connectivity index (χ2v) is 7.25. The van der Waals surface area contributed by atoms with Gasteiger partial charge in [-0.15, -0.1) is 24.0 Å². The molecule has 3 rings (SSSR count). The summed E-state index contributed by atoms with van der Waals surface area (Å²) in [5, 5.41) is 6.67. The highest BCUT2D eigenvalue weighted by molar-refractivity contribution is 14.0. The topological polar surface area (TPSA) is 67.8 Å². The van der Waals surface area contributed by atoms with Crippen LogP contribution in [0.1, 0.15) is 50.5 Å². The number of nitrogens with zero attached hydrogens (tertiary/aromatic N) is 2. The van der Waals surface area contributed by atoms with Crippen LogP contribution in [0.4, 0.5) is 0 Å². The van der Waals surface area contributed by atoms with Gasteiger partial charge < -0.3 is 20.1 Å². The maximum atomic E-state index is 5.97. The number of aromatic nitrogens is 1. The minimum Gasteiger partial charge on any atom is -0.474 e. The molecule has 0 spiro atoms. The van der Waals surface area contributed by atoms with Gasteiger partial charge in [0.2, 0.25) is 5.88 Å². The van der Waals surface area contributed by atoms with Crippen LogP contribution in [0.2, 0.25) is 0 Å². The van der Waals surface area contributed by atoms with Crippen LogP contribution in [-0.4, -0.2) is 43.9 Å². The molecule has 0 aliphatic heterocycles. The van der Waals surface area contributed by atoms with E-state index in [0.717, 1.165) is 62.3 Å². The molecule has 1 aromatic heterocycles. The number of ether oxygens (including phenoxy) is 2. The second-order valence-electron chi connectivity index (χ2n) is 7.25. The van der Waals surface area contributed by atoms with Gasteiger partial charge in [-0.25, -0.2) is 4.98 Å². The molecule has 2 aliphatic rings. The lowest BCUT2D eigenvalue weighted by atomic mass is 10.2. The summed E-state index contributed by atoms with van der Waals surface area (Å²) in [4.78, 5) is 8.61. The molecule has 2 fully saturated rings. The maximum absolute atomic E-state index is 5.97. The SMILES string of the molecule is CN=C(NCCCOCC1CC1)NCc1ccnc(OC2CCCC2)c1.I. The molecule has 1 heterocycles. The van der Waals surface area contributed by atoms with Crippen molar-refractivity contribution in [2.24, 2.45) is 10.9 Å². The largest absolute Gasteiger partial charge is 0.474 e. The highest BCUT2D eigenvalue weighted by Gasteiger charge is 2.20. The zero-order valence-electron chi connectivity index (χ0n) is 16.3. The lowest BCUT2D eigenvalue weighted by molar-refractivity contribution is 0.123. The summed E-state index contributed by atoms with van der Waals surface area (Å²) in [7, 11) is 1.79. The van der Waals surface area contributed by atoms with Crippen molar-refractivity contribution >= 4 is 29.9 Å². The molecule has 6 nitrogen and oxygen atoms in total. The number of halogens is 1. The number of rotatable bonds is 10. The summed E-state index contributed by atoms with van der Waals surface area (Å²) >= 11 is 0. The molecule has 0 unspecified atom stereocenters. The highest BCUT2D eigenvalue weighted by atomic mass is 127. The van der Waals surface area contributed by atoms with Crippen molar-refractivity contribution in [2.45, 2.75) is 57.6 Å². The summed E-state index contributed by atoms with van der Waals surface area (Å²) in [5.41, 5.74) is 1.14. The zero-order chi connectivity index (χ0) is 18.0. The summed E-state index contributed by atoms with van der Waals surface area (Å²) in [6.45, 7) is 3.30. The van der Waals surface area contributed by atoms with Crippen LogP contribution in [0.3, 0.4) is 0 Å². The lowest BCUT2D eigenvalue weighted by Crippen LogP contribution is -2.37. The molecule has 152 valence electrons. The fourth-order valence-electron chi connectivity index (χ4n) is 3.12. The van der Waals surface area contributed by atoms with E-state index in [4.69, 9.17) is 9.47 Å². The molecular formula is C20H33IN4O2. The molecule has 0 saturated heterocycles. The van der Waals surface area contributed by atoms with Crippen molar-refractivity contribution in [1.29, 1.82) is 0 Å². The van der Waals surface area contributed by atoms with Gasteiger partial charge in [0.05, 0.1) is 0 Å². The minimum atomic E-state index is 0. The maximum Gasteiger partial charge on any atom is 0.213 e. The predicted octanol–water partition coefficient (Wildman–Crippen LogP) is 3.50. The van der Waals surface area contributed by atoms with Crippen molar-refractivity contribution in [3.05, 3.63) is 23.9 Å². The first kappa shape index (κ1) is 22.2. The van der Waals surface area contributed by atoms with Crippen LogP contribution >= 0.6 is 24.0 Å². The number of pyridine rings is 1. The van der Waals surface area contributed by atoms with Crippen molar-refractivity contribution in [3.8, 4) is 5.88 Å². The summed E-state index contributed by atoms with van der Waals surface area (Å²) in [6.07, 6.45) is 10.6. The molecule has 0 radical (unpaired) electrons. The Bertz CT molecular complexity index is 575. The molecule has 1 aromatic rings. The van der Waals surface area contributed by atoms with E-state index >= 15 is 0 Å². The van der Waals surface area contributed by atoms with E-state index in [9.17, 15) is 0 Å². The van der Waals surface area contributed by atoms with E-state index in [-0.39, 0.29) is 24.0 Å². The second kappa shape index (κ2) is 12.4. The fourth-order valence-corrected chi connectivity index (χ4v) is 3.12. The number of nitrogens with one attached hydrogen (secondary N) is 2. The number of guanidine groups is 1. The molecule has 7 heteroatoms. The van der Waals surface area contributed by atoms with Crippen molar-refractivity contribution in [2.75, 3.05) is 26.8 Å². The first-order valence-corrected chi connectivity index (χ1v) is 9.97. The van der Waals surface area contributed by atoms with E-state index in [1.165, 1.54) is 25.7 Å². The Hall–Kier alpha value is -1.09. The Morgan fingerprint density at radius 1 is 1.22 bits per heavy atom. The van der Waals surface area contributed by atoms with Crippen LogP contribution in [-0.2, 0) is 11.3 Å². The Balaban J connectivity index is 0.00000261. The molecule has 2 saturated carbocycles. The average Bonchev–Trinajstić information content (AvgIpc) is 3.35. The number of aliphatic imine (C=N–C) groups is 1. The molecule has 2 aliphatic carbocycles. The molecule has 0 bridgehead atoms. The Morgan fingerprint density at radius 3 is 2.78 bits per heavy atom. The predicted molar refractivity (Wildman–Crippen MR) is 119 cm³/mol. The van der Waals surface area contributed by atoms with Gasteiger partial charge >= 0.3 is 0 Å². The van der Waals surface area contributed by atoms with Crippen molar-refractivity contribution in [1.82, 2.24) is 15.6 Å². The van der Waals surface area contributed by atoms with E-state index in [2.05, 4.69) is 20.6 Å². The Kier molecular flexibility index (Phi) is 10.2. The van der Waals surface area contributed by atoms with Crippen LogP contribution in [0.5, 0.6) is 5.88 Å². The summed E-state index contributed by atoms with van der Waals surface area (Å²) in [5.74, 6) is 2.37. The number of hydrogen-bond acceptors (Lipinski definition) is 4. The molecule has 0 atom stereocenters. The summed E-state index contributed by atoms with van der Waals surface area (Å²) in [6, 6.07) is 4.03. The molecular weight excluding hydrogens is 455 g/mol. The van der Waals surface area contributed by atoms with Gasteiger partial charge in [-0.2, -0.15) is 0 Å². The van der Waals surface area contributed by atoms with Crippen LogP contribution in [0, 0.1) is 5.92 Å². The number of hydrogen-bond donors (Lipinski definition) is 2. The normalized spacial score (nSPS) is 17.4. The van der Waals surface area contributed by atoms with Gasteiger partial charge in [0.25, 0.3) is 0 Å². The zero-order valence-corrected chi connectivity index (χ0v) is 18.6. The standard InChI is InChI=1S/C20H32N4O2.HI/c1-21-20(23-10-4-12-25-15-16-7-8-16)24-14-17-9-11-22-19(13-17)26-18-5-2-3-6-18;/h9,11,13,16,18H,2-8,10,12,14-15H2,1H3,(H2,21,23,24);1H. The van der Waals surface area contributed by atoms with Crippen molar-refractivity contribution < 1.29 is 9.47 Å². The fraction of sp³-hybridized carbons (Fsp3) is 0.700.